The minimum atomic E-state index is -4.36. The van der Waals surface area contributed by atoms with Gasteiger partial charge in [-0.2, -0.15) is 18.3 Å². The minimum Gasteiger partial charge on any atom is -0.345 e. The van der Waals surface area contributed by atoms with Gasteiger partial charge in [0.1, 0.15) is 0 Å². The lowest BCUT2D eigenvalue weighted by atomic mass is 10.1. The molecule has 112 valence electrons. The Balaban J connectivity index is 2.09. The monoisotopic (exact) mass is 297 g/mol. The molecule has 1 aromatic carbocycles. The first-order valence-electron chi connectivity index (χ1n) is 6.27. The lowest BCUT2D eigenvalue weighted by molar-refractivity contribution is -0.137. The first-order valence-corrected chi connectivity index (χ1v) is 6.27. The summed E-state index contributed by atoms with van der Waals surface area (Å²) in [5.74, 6) is -0.325. The second kappa shape index (κ2) is 5.59. The van der Waals surface area contributed by atoms with Crippen LogP contribution in [0.3, 0.4) is 0 Å². The van der Waals surface area contributed by atoms with Crippen molar-refractivity contribution in [3.63, 3.8) is 0 Å². The molecule has 21 heavy (non-hydrogen) atoms. The molecule has 1 unspecified atom stereocenters. The zero-order chi connectivity index (χ0) is 15.6. The number of hydrogen-bond acceptors (Lipinski definition) is 2. The third kappa shape index (κ3) is 3.42. The Morgan fingerprint density at radius 1 is 1.29 bits per heavy atom. The SMILES string of the molecule is Cc1[nH]ncc1C(=O)NC(C)c1ccc(C(F)(F)F)cc1. The van der Waals surface area contributed by atoms with Gasteiger partial charge in [-0.3, -0.25) is 9.89 Å². The number of carbonyl (C=O) groups excluding carboxylic acids is 1. The number of alkyl halides is 3. The predicted molar refractivity (Wildman–Crippen MR) is 70.6 cm³/mol. The average molecular weight is 297 g/mol. The Morgan fingerprint density at radius 2 is 1.90 bits per heavy atom. The van der Waals surface area contributed by atoms with Crippen molar-refractivity contribution in [2.75, 3.05) is 0 Å². The molecule has 0 aliphatic heterocycles. The van der Waals surface area contributed by atoms with Gasteiger partial charge in [-0.05, 0) is 31.5 Å². The van der Waals surface area contributed by atoms with Crippen LogP contribution >= 0.6 is 0 Å². The van der Waals surface area contributed by atoms with Gasteiger partial charge in [-0.25, -0.2) is 0 Å². The highest BCUT2D eigenvalue weighted by molar-refractivity contribution is 5.95. The van der Waals surface area contributed by atoms with E-state index in [2.05, 4.69) is 15.5 Å². The van der Waals surface area contributed by atoms with Crippen LogP contribution in [-0.4, -0.2) is 16.1 Å². The molecule has 0 saturated carbocycles. The summed E-state index contributed by atoms with van der Waals surface area (Å²) in [5.41, 5.74) is 0.925. The summed E-state index contributed by atoms with van der Waals surface area (Å²) < 4.78 is 37.4. The van der Waals surface area contributed by atoms with Crippen LogP contribution in [0.25, 0.3) is 0 Å². The lowest BCUT2D eigenvalue weighted by Crippen LogP contribution is -2.26. The maximum absolute atomic E-state index is 12.5. The van der Waals surface area contributed by atoms with E-state index in [0.29, 0.717) is 16.8 Å². The number of carbonyl (C=O) groups is 1. The summed E-state index contributed by atoms with van der Waals surface area (Å²) in [6.45, 7) is 3.42. The predicted octanol–water partition coefficient (Wildman–Crippen LogP) is 3.23. The van der Waals surface area contributed by atoms with Crippen molar-refractivity contribution in [1.29, 1.82) is 0 Å². The summed E-state index contributed by atoms with van der Waals surface area (Å²) in [7, 11) is 0. The van der Waals surface area contributed by atoms with E-state index in [1.54, 1.807) is 13.8 Å². The van der Waals surface area contributed by atoms with Crippen molar-refractivity contribution in [1.82, 2.24) is 15.5 Å². The lowest BCUT2D eigenvalue weighted by Gasteiger charge is -2.15. The fourth-order valence-electron chi connectivity index (χ4n) is 1.90. The Hall–Kier alpha value is -2.31. The van der Waals surface area contributed by atoms with Gasteiger partial charge < -0.3 is 5.32 Å². The van der Waals surface area contributed by atoms with Gasteiger partial charge in [0, 0.05) is 5.69 Å². The van der Waals surface area contributed by atoms with Crippen molar-refractivity contribution >= 4 is 5.91 Å². The first-order chi connectivity index (χ1) is 9.79. The quantitative estimate of drug-likeness (QED) is 0.914. The highest BCUT2D eigenvalue weighted by atomic mass is 19.4. The minimum absolute atomic E-state index is 0.325. The molecule has 0 aliphatic rings. The molecule has 1 heterocycles. The maximum Gasteiger partial charge on any atom is 0.416 e. The number of H-pyrrole nitrogens is 1. The fourth-order valence-corrected chi connectivity index (χ4v) is 1.90. The molecule has 0 saturated heterocycles. The van der Waals surface area contributed by atoms with Gasteiger partial charge in [-0.15, -0.1) is 0 Å². The van der Waals surface area contributed by atoms with Crippen molar-refractivity contribution in [3.05, 3.63) is 52.8 Å². The highest BCUT2D eigenvalue weighted by Crippen LogP contribution is 2.29. The molecule has 0 aliphatic carbocycles. The molecule has 7 heteroatoms. The summed E-state index contributed by atoms with van der Waals surface area (Å²) in [4.78, 5) is 12.0. The number of aryl methyl sites for hydroxylation is 1. The van der Waals surface area contributed by atoms with E-state index in [4.69, 9.17) is 0 Å². The van der Waals surface area contributed by atoms with E-state index < -0.39 is 17.8 Å². The normalized spacial score (nSPS) is 13.0. The smallest absolute Gasteiger partial charge is 0.345 e. The molecule has 4 nitrogen and oxygen atoms in total. The molecule has 1 aromatic heterocycles. The maximum atomic E-state index is 12.5. The van der Waals surface area contributed by atoms with Crippen molar-refractivity contribution < 1.29 is 18.0 Å². The molecular weight excluding hydrogens is 283 g/mol. The van der Waals surface area contributed by atoms with E-state index in [1.807, 2.05) is 0 Å². The van der Waals surface area contributed by atoms with Crippen LogP contribution in [-0.2, 0) is 6.18 Å². The third-order valence-electron chi connectivity index (χ3n) is 3.16. The highest BCUT2D eigenvalue weighted by Gasteiger charge is 2.30. The van der Waals surface area contributed by atoms with Crippen LogP contribution < -0.4 is 5.32 Å². The number of aromatic amines is 1. The van der Waals surface area contributed by atoms with E-state index >= 15 is 0 Å². The van der Waals surface area contributed by atoms with Crippen molar-refractivity contribution in [3.8, 4) is 0 Å². The van der Waals surface area contributed by atoms with Crippen molar-refractivity contribution in [2.24, 2.45) is 0 Å². The van der Waals surface area contributed by atoms with Gasteiger partial charge in [-0.1, -0.05) is 12.1 Å². The van der Waals surface area contributed by atoms with Crippen LogP contribution in [0.15, 0.2) is 30.5 Å². The molecule has 1 atom stereocenters. The number of nitrogens with zero attached hydrogens (tertiary/aromatic N) is 1. The molecule has 2 aromatic rings. The summed E-state index contributed by atoms with van der Waals surface area (Å²) in [5, 5.41) is 9.12. The number of benzene rings is 1. The molecular formula is C14H14F3N3O. The Bertz CT molecular complexity index is 632. The number of nitrogens with one attached hydrogen (secondary N) is 2. The molecule has 0 spiro atoms. The summed E-state index contributed by atoms with van der Waals surface area (Å²) >= 11 is 0. The zero-order valence-corrected chi connectivity index (χ0v) is 11.5. The van der Waals surface area contributed by atoms with Gasteiger partial charge in [0.2, 0.25) is 0 Å². The number of halogens is 3. The van der Waals surface area contributed by atoms with E-state index in [9.17, 15) is 18.0 Å². The molecule has 1 amide bonds. The standard InChI is InChI=1S/C14H14F3N3O/c1-8(19-13(21)12-7-18-20-9(12)2)10-3-5-11(6-4-10)14(15,16)17/h3-8H,1-2H3,(H,18,20)(H,19,21). The Labute approximate surface area is 119 Å². The van der Waals surface area contributed by atoms with Crippen LogP contribution in [0.5, 0.6) is 0 Å². The number of amides is 1. The Kier molecular flexibility index (Phi) is 4.02. The largest absolute Gasteiger partial charge is 0.416 e. The second-order valence-corrected chi connectivity index (χ2v) is 4.72. The third-order valence-corrected chi connectivity index (χ3v) is 3.16. The Morgan fingerprint density at radius 3 is 2.38 bits per heavy atom. The van der Waals surface area contributed by atoms with Gasteiger partial charge in [0.05, 0.1) is 23.4 Å². The fraction of sp³-hybridized carbons (Fsp3) is 0.286. The van der Waals surface area contributed by atoms with Crippen LogP contribution in [0.2, 0.25) is 0 Å². The van der Waals surface area contributed by atoms with E-state index in [1.165, 1.54) is 18.3 Å². The van der Waals surface area contributed by atoms with E-state index in [-0.39, 0.29) is 5.91 Å². The number of hydrogen-bond donors (Lipinski definition) is 2. The summed E-state index contributed by atoms with van der Waals surface area (Å²) in [6.07, 6.45) is -2.96. The molecule has 2 N–H and O–H groups in total. The van der Waals surface area contributed by atoms with Crippen LogP contribution in [0.4, 0.5) is 13.2 Å². The number of rotatable bonds is 3. The average Bonchev–Trinajstić information content (AvgIpc) is 2.84. The van der Waals surface area contributed by atoms with Gasteiger partial charge >= 0.3 is 6.18 Å². The zero-order valence-electron chi connectivity index (χ0n) is 11.5. The molecule has 0 fully saturated rings. The molecule has 0 bridgehead atoms. The summed E-state index contributed by atoms with van der Waals surface area (Å²) in [6, 6.07) is 4.31. The van der Waals surface area contributed by atoms with E-state index in [0.717, 1.165) is 12.1 Å². The topological polar surface area (TPSA) is 57.8 Å². The second-order valence-electron chi connectivity index (χ2n) is 4.72. The molecule has 0 radical (unpaired) electrons. The van der Waals surface area contributed by atoms with Gasteiger partial charge in [0.15, 0.2) is 0 Å². The van der Waals surface area contributed by atoms with Crippen molar-refractivity contribution in [2.45, 2.75) is 26.1 Å². The first kappa shape index (κ1) is 15.1. The molecule has 2 rings (SSSR count). The van der Waals surface area contributed by atoms with Gasteiger partial charge in [0.25, 0.3) is 5.91 Å². The number of aromatic nitrogens is 2. The van der Waals surface area contributed by atoms with Crippen LogP contribution in [0.1, 0.15) is 40.1 Å². The van der Waals surface area contributed by atoms with Crippen LogP contribution in [0, 0.1) is 6.92 Å².